The maximum atomic E-state index is 12.4. The molecule has 0 atom stereocenters. The fraction of sp³-hybridized carbons (Fsp3) is 0.200. The van der Waals surface area contributed by atoms with Crippen molar-refractivity contribution in [2.75, 3.05) is 16.8 Å². The summed E-state index contributed by atoms with van der Waals surface area (Å²) >= 11 is 3.00. The van der Waals surface area contributed by atoms with Crippen LogP contribution in [0, 0.1) is 0 Å². The van der Waals surface area contributed by atoms with Crippen molar-refractivity contribution in [1.82, 2.24) is 14.4 Å². The zero-order chi connectivity index (χ0) is 19.8. The minimum absolute atomic E-state index is 0.105. The van der Waals surface area contributed by atoms with Crippen molar-refractivity contribution < 1.29 is 9.59 Å². The highest BCUT2D eigenvalue weighted by atomic mass is 32.1. The van der Waals surface area contributed by atoms with Gasteiger partial charge in [-0.15, -0.1) is 22.7 Å². The molecule has 29 heavy (non-hydrogen) atoms. The SMILES string of the molecule is O=C(Cc1csc(N2CCCC2=O)n1)Nc1ccc(-c2cn3ccsc3n2)cc1. The molecule has 0 radical (unpaired) electrons. The molecular formula is C20H17N5O2S2. The number of imidazole rings is 1. The van der Waals surface area contributed by atoms with Gasteiger partial charge >= 0.3 is 0 Å². The lowest BCUT2D eigenvalue weighted by atomic mass is 10.1. The number of fused-ring (bicyclic) bond motifs is 1. The average molecular weight is 424 g/mol. The minimum Gasteiger partial charge on any atom is -0.326 e. The Morgan fingerprint density at radius 2 is 2.03 bits per heavy atom. The summed E-state index contributed by atoms with van der Waals surface area (Å²) in [6.45, 7) is 0.707. The smallest absolute Gasteiger partial charge is 0.230 e. The maximum absolute atomic E-state index is 12.4. The highest BCUT2D eigenvalue weighted by Crippen LogP contribution is 2.26. The van der Waals surface area contributed by atoms with E-state index < -0.39 is 0 Å². The molecule has 4 heterocycles. The van der Waals surface area contributed by atoms with Gasteiger partial charge in [-0.3, -0.25) is 18.9 Å². The zero-order valence-corrected chi connectivity index (χ0v) is 17.0. The van der Waals surface area contributed by atoms with Crippen LogP contribution in [0.15, 0.2) is 47.4 Å². The van der Waals surface area contributed by atoms with Crippen molar-refractivity contribution in [3.63, 3.8) is 0 Å². The van der Waals surface area contributed by atoms with Crippen molar-refractivity contribution >= 4 is 50.3 Å². The summed E-state index contributed by atoms with van der Waals surface area (Å²) in [5.74, 6) is -0.0298. The van der Waals surface area contributed by atoms with Crippen LogP contribution in [0.1, 0.15) is 18.5 Å². The van der Waals surface area contributed by atoms with Crippen molar-refractivity contribution in [3.05, 3.63) is 53.1 Å². The molecule has 0 aliphatic carbocycles. The molecule has 0 spiro atoms. The first-order valence-corrected chi connectivity index (χ1v) is 11.0. The fourth-order valence-electron chi connectivity index (χ4n) is 3.31. The summed E-state index contributed by atoms with van der Waals surface area (Å²) in [7, 11) is 0. The fourth-order valence-corrected chi connectivity index (χ4v) is 4.88. The number of amides is 2. The zero-order valence-electron chi connectivity index (χ0n) is 15.4. The summed E-state index contributed by atoms with van der Waals surface area (Å²) in [6, 6.07) is 7.63. The van der Waals surface area contributed by atoms with Crippen LogP contribution in [-0.2, 0) is 16.0 Å². The van der Waals surface area contributed by atoms with Crippen molar-refractivity contribution in [2.24, 2.45) is 0 Å². The lowest BCUT2D eigenvalue weighted by molar-refractivity contribution is -0.117. The van der Waals surface area contributed by atoms with E-state index >= 15 is 0 Å². The second-order valence-corrected chi connectivity index (χ2v) is 8.50. The normalized spacial score (nSPS) is 14.1. The van der Waals surface area contributed by atoms with Crippen LogP contribution in [0.2, 0.25) is 0 Å². The molecule has 0 bridgehead atoms. The molecule has 146 valence electrons. The molecule has 1 saturated heterocycles. The third kappa shape index (κ3) is 3.66. The van der Waals surface area contributed by atoms with E-state index in [0.29, 0.717) is 23.8 Å². The number of carbonyl (C=O) groups excluding carboxylic acids is 2. The average Bonchev–Trinajstić information content (AvgIpc) is 3.46. The van der Waals surface area contributed by atoms with Gasteiger partial charge in [-0.05, 0) is 18.6 Å². The minimum atomic E-state index is -0.134. The molecule has 5 rings (SSSR count). The van der Waals surface area contributed by atoms with Gasteiger partial charge in [-0.1, -0.05) is 12.1 Å². The molecule has 2 amide bonds. The lowest BCUT2D eigenvalue weighted by Crippen LogP contribution is -2.23. The number of thiazole rings is 2. The number of aromatic nitrogens is 3. The Morgan fingerprint density at radius 1 is 1.17 bits per heavy atom. The molecule has 1 aromatic carbocycles. The third-order valence-electron chi connectivity index (χ3n) is 4.74. The highest BCUT2D eigenvalue weighted by Gasteiger charge is 2.24. The van der Waals surface area contributed by atoms with Gasteiger partial charge in [-0.2, -0.15) is 0 Å². The maximum Gasteiger partial charge on any atom is 0.230 e. The predicted octanol–water partition coefficient (Wildman–Crippen LogP) is 3.83. The molecule has 7 nitrogen and oxygen atoms in total. The van der Waals surface area contributed by atoms with Crippen molar-refractivity contribution in [2.45, 2.75) is 19.3 Å². The monoisotopic (exact) mass is 423 g/mol. The van der Waals surface area contributed by atoms with E-state index in [-0.39, 0.29) is 18.2 Å². The van der Waals surface area contributed by atoms with Gasteiger partial charge < -0.3 is 5.32 Å². The molecule has 1 fully saturated rings. The summed E-state index contributed by atoms with van der Waals surface area (Å²) in [4.78, 5) is 35.9. The van der Waals surface area contributed by atoms with Crippen LogP contribution in [0.3, 0.4) is 0 Å². The number of nitrogens with one attached hydrogen (secondary N) is 1. The van der Waals surface area contributed by atoms with Gasteiger partial charge in [0.2, 0.25) is 11.8 Å². The van der Waals surface area contributed by atoms with Crippen LogP contribution in [0.4, 0.5) is 10.8 Å². The summed E-state index contributed by atoms with van der Waals surface area (Å²) in [5, 5.41) is 7.42. The van der Waals surface area contributed by atoms with E-state index in [1.54, 1.807) is 16.2 Å². The molecular weight excluding hydrogens is 406 g/mol. The largest absolute Gasteiger partial charge is 0.326 e. The molecule has 0 saturated carbocycles. The van der Waals surface area contributed by atoms with Gasteiger partial charge in [0.15, 0.2) is 10.1 Å². The van der Waals surface area contributed by atoms with Gasteiger partial charge in [-0.25, -0.2) is 9.97 Å². The number of benzene rings is 1. The number of hydrogen-bond donors (Lipinski definition) is 1. The molecule has 9 heteroatoms. The van der Waals surface area contributed by atoms with Crippen molar-refractivity contribution in [3.8, 4) is 11.3 Å². The first kappa shape index (κ1) is 18.0. The van der Waals surface area contributed by atoms with E-state index in [0.717, 1.165) is 28.3 Å². The second-order valence-electron chi connectivity index (χ2n) is 6.79. The molecule has 1 aliphatic heterocycles. The topological polar surface area (TPSA) is 79.6 Å². The number of nitrogens with zero attached hydrogens (tertiary/aromatic N) is 4. The lowest BCUT2D eigenvalue weighted by Gasteiger charge is -2.10. The first-order chi connectivity index (χ1) is 14.2. The Bertz CT molecular complexity index is 1160. The summed E-state index contributed by atoms with van der Waals surface area (Å²) < 4.78 is 1.99. The van der Waals surface area contributed by atoms with E-state index in [1.165, 1.54) is 11.3 Å². The Morgan fingerprint density at radius 3 is 2.79 bits per heavy atom. The summed E-state index contributed by atoms with van der Waals surface area (Å²) in [6.07, 6.45) is 5.58. The predicted molar refractivity (Wildman–Crippen MR) is 115 cm³/mol. The Labute approximate surface area is 174 Å². The Balaban J connectivity index is 1.22. The van der Waals surface area contributed by atoms with Crippen LogP contribution in [0.5, 0.6) is 0 Å². The van der Waals surface area contributed by atoms with E-state index in [9.17, 15) is 9.59 Å². The van der Waals surface area contributed by atoms with E-state index in [1.807, 2.05) is 51.8 Å². The molecule has 4 aromatic rings. The van der Waals surface area contributed by atoms with Crippen molar-refractivity contribution in [1.29, 1.82) is 0 Å². The standard InChI is InChI=1S/C20H17N5O2S2/c26-17(10-15-12-29-20(22-15)25-7-1-2-18(25)27)21-14-5-3-13(4-6-14)16-11-24-8-9-28-19(24)23-16/h3-6,8-9,11-12H,1-2,7,10H2,(H,21,26). The van der Waals surface area contributed by atoms with Gasteiger partial charge in [0.25, 0.3) is 0 Å². The summed E-state index contributed by atoms with van der Waals surface area (Å²) in [5.41, 5.74) is 3.31. The number of hydrogen-bond acceptors (Lipinski definition) is 6. The molecule has 1 aliphatic rings. The molecule has 0 unspecified atom stereocenters. The third-order valence-corrected chi connectivity index (χ3v) is 6.43. The number of carbonyl (C=O) groups is 2. The first-order valence-electron chi connectivity index (χ1n) is 9.23. The van der Waals surface area contributed by atoms with Crippen LogP contribution in [0.25, 0.3) is 16.2 Å². The van der Waals surface area contributed by atoms with Gasteiger partial charge in [0.1, 0.15) is 0 Å². The highest BCUT2D eigenvalue weighted by molar-refractivity contribution is 7.15. The van der Waals surface area contributed by atoms with Crippen LogP contribution in [-0.4, -0.2) is 32.7 Å². The van der Waals surface area contributed by atoms with Crippen LogP contribution < -0.4 is 10.2 Å². The Kier molecular flexibility index (Phi) is 4.61. The van der Waals surface area contributed by atoms with Crippen LogP contribution >= 0.6 is 22.7 Å². The van der Waals surface area contributed by atoms with Gasteiger partial charge in [0, 0.05) is 47.4 Å². The number of anilines is 2. The quantitative estimate of drug-likeness (QED) is 0.529. The van der Waals surface area contributed by atoms with Gasteiger partial charge in [0.05, 0.1) is 17.8 Å². The van der Waals surface area contributed by atoms with E-state index in [2.05, 4.69) is 15.3 Å². The molecule has 1 N–H and O–H groups in total. The Hall–Kier alpha value is -3.04. The van der Waals surface area contributed by atoms with E-state index in [4.69, 9.17) is 0 Å². The molecule has 3 aromatic heterocycles. The second kappa shape index (κ2) is 7.41. The number of rotatable bonds is 5.